The van der Waals surface area contributed by atoms with Gasteiger partial charge in [-0.15, -0.1) is 0 Å². The van der Waals surface area contributed by atoms with Crippen molar-refractivity contribution in [3.63, 3.8) is 0 Å². The van der Waals surface area contributed by atoms with E-state index in [1.54, 1.807) is 0 Å². The molecule has 0 spiro atoms. The van der Waals surface area contributed by atoms with Crippen LogP contribution in [0.1, 0.15) is 162 Å². The van der Waals surface area contributed by atoms with Gasteiger partial charge in [-0.05, 0) is 59.4 Å². The van der Waals surface area contributed by atoms with Crippen LogP contribution in [0.25, 0.3) is 0 Å². The van der Waals surface area contributed by atoms with Gasteiger partial charge in [-0.2, -0.15) is 0 Å². The molecule has 30 heavy (non-hydrogen) atoms. The Morgan fingerprint density at radius 2 is 1.17 bits per heavy atom. The van der Waals surface area contributed by atoms with E-state index in [0.29, 0.717) is 0 Å². The van der Waals surface area contributed by atoms with Crippen LogP contribution in [0.15, 0.2) is 24.2 Å². The van der Waals surface area contributed by atoms with E-state index in [2.05, 4.69) is 4.52 Å². The van der Waals surface area contributed by atoms with Gasteiger partial charge in [0.1, 0.15) is 7.60 Å². The molecular formula is C25H43IO3P-. The molecule has 0 radical (unpaired) electrons. The molecule has 0 saturated carbocycles. The van der Waals surface area contributed by atoms with Crippen molar-refractivity contribution in [2.45, 2.75) is 108 Å². The van der Waals surface area contributed by atoms with E-state index in [0.717, 1.165) is 0 Å². The van der Waals surface area contributed by atoms with E-state index in [9.17, 15) is 9.46 Å². The zero-order chi connectivity index (χ0) is 57.7. The summed E-state index contributed by atoms with van der Waals surface area (Å²) in [5, 5.41) is 0. The first-order chi connectivity index (χ1) is 29.6. The van der Waals surface area contributed by atoms with Gasteiger partial charge < -0.3 is 14.0 Å². The van der Waals surface area contributed by atoms with Crippen molar-refractivity contribution < 1.29 is 68.8 Å². The number of rotatable bonds is 20. The summed E-state index contributed by atoms with van der Waals surface area (Å²) in [4.78, 5) is 11.6. The average Bonchev–Trinajstić information content (AvgIpc) is 3.13. The molecule has 0 N–H and O–H groups in total. The van der Waals surface area contributed by atoms with E-state index in [1.807, 2.05) is 0 Å². The fraction of sp³-hybridized carbons (Fsp3) is 0.760. The minimum atomic E-state index is -5.45. The van der Waals surface area contributed by atoms with Gasteiger partial charge in [-0.1, -0.05) is 101 Å². The third kappa shape index (κ3) is 18.8. The van der Waals surface area contributed by atoms with E-state index < -0.39 is 156 Å². The molecular weight excluding hydrogens is 506 g/mol. The zero-order valence-electron chi connectivity index (χ0n) is 55.0. The molecule has 1 unspecified atom stereocenters. The molecule has 5 heteroatoms. The molecule has 0 heterocycles. The van der Waals surface area contributed by atoms with Crippen LogP contribution in [-0.2, 0) is 15.5 Å². The zero-order valence-corrected chi connectivity index (χ0v) is 18.1. The van der Waals surface area contributed by atoms with Gasteiger partial charge in [0.15, 0.2) is 0 Å². The molecule has 1 rings (SSSR count). The summed E-state index contributed by atoms with van der Waals surface area (Å²) in [6.45, 7) is -4.40. The predicted octanol–water partition coefficient (Wildman–Crippen LogP) is 8.28. The smallest absolute Gasteiger partial charge is 0.131 e. The molecule has 0 aliphatic carbocycles. The summed E-state index contributed by atoms with van der Waals surface area (Å²) < 4.78 is 345. The Bertz CT molecular complexity index is 2180. The first-order valence-electron chi connectivity index (χ1n) is 27.4. The summed E-state index contributed by atoms with van der Waals surface area (Å²) in [5.41, 5.74) is -1.59. The molecule has 0 bridgehead atoms. The van der Waals surface area contributed by atoms with Crippen molar-refractivity contribution in [3.05, 3.63) is 33.3 Å². The molecule has 0 aliphatic rings. The Balaban J connectivity index is 4.19. The first-order valence-corrected chi connectivity index (χ1v) is 10.5. The number of hydrogen-bond acceptors (Lipinski definition) is 3. The summed E-state index contributed by atoms with van der Waals surface area (Å²) >= 11 is 1.28. The monoisotopic (exact) mass is 589 g/mol. The number of halogens is 1. The molecule has 0 aliphatic heterocycles. The van der Waals surface area contributed by atoms with Crippen molar-refractivity contribution in [2.75, 3.05) is 13.2 Å². The molecule has 1 aromatic rings. The van der Waals surface area contributed by atoms with Gasteiger partial charge >= 0.3 is 0 Å². The maximum absolute atomic E-state index is 11.6. The number of hydrogen-bond donors (Lipinski definition) is 0. The van der Waals surface area contributed by atoms with Crippen molar-refractivity contribution in [3.8, 4) is 0 Å². The summed E-state index contributed by atoms with van der Waals surface area (Å²) in [5.74, 6) is 0. The average molecular weight is 590 g/mol. The highest BCUT2D eigenvalue weighted by Crippen LogP contribution is 2.31. The Morgan fingerprint density at radius 3 is 1.57 bits per heavy atom. The highest BCUT2D eigenvalue weighted by molar-refractivity contribution is 14.1. The maximum Gasteiger partial charge on any atom is 0.131 e. The minimum absolute atomic E-state index is 0.121. The molecule has 1 atom stereocenters. The van der Waals surface area contributed by atoms with E-state index in [-0.39, 0.29) is 6.66 Å². The van der Waals surface area contributed by atoms with Crippen molar-refractivity contribution in [1.29, 1.82) is 0 Å². The Morgan fingerprint density at radius 1 is 0.800 bits per heavy atom. The van der Waals surface area contributed by atoms with Gasteiger partial charge in [-0.3, -0.25) is 0 Å². The van der Waals surface area contributed by atoms with Crippen molar-refractivity contribution in [2.24, 2.45) is 0 Å². The minimum Gasteiger partial charge on any atom is -0.779 e. The van der Waals surface area contributed by atoms with E-state index in [4.69, 9.17) is 54.8 Å². The van der Waals surface area contributed by atoms with E-state index in [1.165, 1.54) is 22.6 Å². The van der Waals surface area contributed by atoms with Gasteiger partial charge in [0.2, 0.25) is 0 Å². The SMILES string of the molecule is [2H]c1c([2H])c(C([2H])([2H])C([2H])([2H])C([2H])([2H])C([2H])([2H])C([2H])([2H])C([2H])([2H])C([2H])([2H])C([2H])([2H])C([2H])([2H])C([2H])([2H])C([2H])([2H])C([2H])([2H])C([2H])([2H])C([2H])([2H])C([2H])([2H])C([2H])([2H])C([2H])([2H])C([2H])([2H])OP(C)(=O)[O-])c([2H])c([2H])c1I. The standard InChI is InChI=1S/C25H44IO3P/c1-30(27,28)29-23-17-15-13-11-9-7-5-3-2-4-6-8-10-12-14-16-18-24-19-21-25(26)22-20-24/h19-22H,2-18,23H2,1H3,(H,27,28)/p-1/i2D2,3D2,4D2,5D2,6D2,7D2,8D2,9D2,10D2,11D2,12D2,13D2,14D2,15D2,16D2,17D2,18D2,19D,20D,21D,22D,23D2. The molecule has 3 nitrogen and oxygen atoms in total. The Kier molecular flexibility index (Phi) is 3.22. The summed E-state index contributed by atoms with van der Waals surface area (Å²) in [6.07, 6.45) is -87.2. The summed E-state index contributed by atoms with van der Waals surface area (Å²) in [6, 6.07) is -4.80. The lowest BCUT2D eigenvalue weighted by Crippen LogP contribution is -2.03. The van der Waals surface area contributed by atoms with Crippen LogP contribution in [0, 0.1) is 3.57 Å². The second-order valence-corrected chi connectivity index (χ2v) is 7.08. The lowest BCUT2D eigenvalue weighted by molar-refractivity contribution is -0.196. The van der Waals surface area contributed by atoms with Crippen LogP contribution < -0.4 is 4.89 Å². The lowest BCUT2D eigenvalue weighted by Gasteiger charge is -2.17. The predicted molar refractivity (Wildman–Crippen MR) is 136 cm³/mol. The fourth-order valence-electron chi connectivity index (χ4n) is 1.02. The molecule has 0 amide bonds. The van der Waals surface area contributed by atoms with Crippen molar-refractivity contribution >= 4 is 30.2 Å². The van der Waals surface area contributed by atoms with Crippen LogP contribution in [0.3, 0.4) is 0 Å². The highest BCUT2D eigenvalue weighted by atomic mass is 127. The van der Waals surface area contributed by atoms with Crippen LogP contribution in [0.4, 0.5) is 0 Å². The molecule has 0 saturated heterocycles. The van der Waals surface area contributed by atoms with Gasteiger partial charge in [0.25, 0.3) is 0 Å². The van der Waals surface area contributed by atoms with Crippen LogP contribution in [0.2, 0.25) is 0 Å². The Hall–Kier alpha value is 0.100. The first kappa shape index (κ1) is 5.19. The maximum atomic E-state index is 11.6. The molecule has 174 valence electrons. The molecule has 1 aromatic carbocycles. The van der Waals surface area contributed by atoms with Crippen LogP contribution >= 0.6 is 30.2 Å². The molecule has 0 aromatic heterocycles. The fourth-order valence-corrected chi connectivity index (χ4v) is 1.50. The summed E-state index contributed by atoms with van der Waals surface area (Å²) in [7, 11) is -5.45. The second-order valence-electron chi connectivity index (χ2n) is 4.28. The molecule has 0 fully saturated rings. The number of benzene rings is 1. The van der Waals surface area contributed by atoms with E-state index >= 15 is 0 Å². The van der Waals surface area contributed by atoms with Crippen LogP contribution in [0.5, 0.6) is 0 Å². The largest absolute Gasteiger partial charge is 0.779 e. The third-order valence-electron chi connectivity index (χ3n) is 1.98. The second kappa shape index (κ2) is 18.7. The van der Waals surface area contributed by atoms with Crippen LogP contribution in [-0.4, -0.2) is 13.2 Å². The lowest BCUT2D eigenvalue weighted by atomic mass is 10.0. The third-order valence-corrected chi connectivity index (χ3v) is 2.94. The van der Waals surface area contributed by atoms with Gasteiger partial charge in [0.05, 0.1) is 14.8 Å². The highest BCUT2D eigenvalue weighted by Gasteiger charge is 1.99. The quantitative estimate of drug-likeness (QED) is 0.114. The topological polar surface area (TPSA) is 49.4 Å². The van der Waals surface area contributed by atoms with Gasteiger partial charge in [0, 0.05) is 56.8 Å². The van der Waals surface area contributed by atoms with Gasteiger partial charge in [-0.25, -0.2) is 0 Å². The Labute approximate surface area is 255 Å². The van der Waals surface area contributed by atoms with Crippen molar-refractivity contribution in [1.82, 2.24) is 0 Å². The normalized spacial score (nSPS) is 41.7.